The Balaban J connectivity index is 3.07. The number of aromatic nitrogens is 2. The van der Waals surface area contributed by atoms with Crippen LogP contribution in [0.5, 0.6) is 0 Å². The van der Waals surface area contributed by atoms with E-state index in [1.807, 2.05) is 6.92 Å². The summed E-state index contributed by atoms with van der Waals surface area (Å²) in [5, 5.41) is 6.29. The lowest BCUT2D eigenvalue weighted by molar-refractivity contribution is 0.149. The van der Waals surface area contributed by atoms with Gasteiger partial charge in [-0.2, -0.15) is 5.10 Å². The Kier molecular flexibility index (Phi) is 2.22. The lowest BCUT2D eigenvalue weighted by Gasteiger charge is -1.98. The topological polar surface area (TPSA) is 28.7 Å². The molecule has 11 heavy (non-hydrogen) atoms. The van der Waals surface area contributed by atoms with Crippen LogP contribution in [0.2, 0.25) is 0 Å². The molecule has 0 spiro atoms. The molecule has 1 N–H and O–H groups in total. The zero-order valence-corrected chi connectivity index (χ0v) is 6.49. The molecule has 0 unspecified atom stereocenters. The summed E-state index contributed by atoms with van der Waals surface area (Å²) < 4.78 is 24.5. The second-order valence-corrected chi connectivity index (χ2v) is 2.36. The van der Waals surface area contributed by atoms with Gasteiger partial charge in [0.15, 0.2) is 0 Å². The van der Waals surface area contributed by atoms with Gasteiger partial charge in [0.1, 0.15) is 0 Å². The van der Waals surface area contributed by atoms with Gasteiger partial charge in [-0.25, -0.2) is 8.78 Å². The van der Waals surface area contributed by atoms with Crippen LogP contribution in [-0.2, 0) is 6.42 Å². The highest BCUT2D eigenvalue weighted by Gasteiger charge is 2.17. The maximum absolute atomic E-state index is 12.2. The van der Waals surface area contributed by atoms with Crippen LogP contribution in [0, 0.1) is 6.92 Å². The molecule has 0 fully saturated rings. The van der Waals surface area contributed by atoms with Crippen LogP contribution in [0.15, 0.2) is 0 Å². The number of H-pyrrole nitrogens is 1. The molecule has 0 atom stereocenters. The molecule has 0 bridgehead atoms. The number of rotatable bonds is 2. The first-order valence-corrected chi connectivity index (χ1v) is 3.48. The number of hydrogen-bond acceptors (Lipinski definition) is 1. The van der Waals surface area contributed by atoms with E-state index in [-0.39, 0.29) is 5.56 Å². The molecule has 4 heteroatoms. The van der Waals surface area contributed by atoms with Crippen molar-refractivity contribution < 1.29 is 8.78 Å². The van der Waals surface area contributed by atoms with Crippen molar-refractivity contribution in [2.24, 2.45) is 0 Å². The second-order valence-electron chi connectivity index (χ2n) is 2.36. The Hall–Kier alpha value is -0.930. The third kappa shape index (κ3) is 1.39. The standard InChI is InChI=1S/C7H10F2N2/c1-3-5-6(7(8)9)4(2)10-11-5/h7H,3H2,1-2H3,(H,10,11). The SMILES string of the molecule is CCc1n[nH]c(C)c1C(F)F. The zero-order valence-electron chi connectivity index (χ0n) is 6.49. The van der Waals surface area contributed by atoms with Gasteiger partial charge >= 0.3 is 0 Å². The quantitative estimate of drug-likeness (QED) is 0.706. The first kappa shape index (κ1) is 8.17. The molecule has 1 rings (SSSR count). The number of aromatic amines is 1. The van der Waals surface area contributed by atoms with E-state index in [1.165, 1.54) is 0 Å². The maximum atomic E-state index is 12.2. The van der Waals surface area contributed by atoms with E-state index in [0.29, 0.717) is 17.8 Å². The van der Waals surface area contributed by atoms with Crippen molar-refractivity contribution in [2.45, 2.75) is 26.7 Å². The van der Waals surface area contributed by atoms with Crippen LogP contribution in [0.4, 0.5) is 8.78 Å². The first-order valence-electron chi connectivity index (χ1n) is 3.48. The van der Waals surface area contributed by atoms with Crippen molar-refractivity contribution >= 4 is 0 Å². The van der Waals surface area contributed by atoms with Crippen LogP contribution in [-0.4, -0.2) is 10.2 Å². The third-order valence-electron chi connectivity index (χ3n) is 1.63. The van der Waals surface area contributed by atoms with Gasteiger partial charge in [0.25, 0.3) is 6.43 Å². The van der Waals surface area contributed by atoms with E-state index in [4.69, 9.17) is 0 Å². The number of nitrogens with one attached hydrogen (secondary N) is 1. The van der Waals surface area contributed by atoms with Crippen molar-refractivity contribution in [3.8, 4) is 0 Å². The first-order chi connectivity index (χ1) is 5.16. The predicted molar refractivity (Wildman–Crippen MR) is 37.7 cm³/mol. The van der Waals surface area contributed by atoms with Crippen molar-refractivity contribution in [3.63, 3.8) is 0 Å². The highest BCUT2D eigenvalue weighted by molar-refractivity contribution is 5.25. The molecule has 2 nitrogen and oxygen atoms in total. The van der Waals surface area contributed by atoms with Gasteiger partial charge in [0.05, 0.1) is 11.3 Å². The predicted octanol–water partition coefficient (Wildman–Crippen LogP) is 2.22. The van der Waals surface area contributed by atoms with Crippen LogP contribution >= 0.6 is 0 Å². The molecule has 0 saturated carbocycles. The Morgan fingerprint density at radius 3 is 2.55 bits per heavy atom. The summed E-state index contributed by atoms with van der Waals surface area (Å²) in [5.74, 6) is 0. The second kappa shape index (κ2) is 2.98. The smallest absolute Gasteiger partial charge is 0.267 e. The molecular formula is C7H10F2N2. The van der Waals surface area contributed by atoms with Crippen LogP contribution in [0.3, 0.4) is 0 Å². The number of nitrogens with zero attached hydrogens (tertiary/aromatic N) is 1. The summed E-state index contributed by atoms with van der Waals surface area (Å²) in [6.07, 6.45) is -1.87. The fourth-order valence-corrected chi connectivity index (χ4v) is 1.05. The fraction of sp³-hybridized carbons (Fsp3) is 0.571. The minimum atomic E-state index is -2.41. The lowest BCUT2D eigenvalue weighted by atomic mass is 10.1. The van der Waals surface area contributed by atoms with Gasteiger partial charge in [-0.05, 0) is 13.3 Å². The number of alkyl halides is 2. The largest absolute Gasteiger partial charge is 0.282 e. The van der Waals surface area contributed by atoms with Gasteiger partial charge < -0.3 is 0 Å². The molecule has 0 radical (unpaired) electrons. The van der Waals surface area contributed by atoms with E-state index in [0.717, 1.165) is 0 Å². The summed E-state index contributed by atoms with van der Waals surface area (Å²) in [6.45, 7) is 3.41. The zero-order chi connectivity index (χ0) is 8.43. The molecule has 0 amide bonds. The van der Waals surface area contributed by atoms with Crippen molar-refractivity contribution in [1.29, 1.82) is 0 Å². The maximum Gasteiger partial charge on any atom is 0.267 e. The van der Waals surface area contributed by atoms with Gasteiger partial charge in [-0.1, -0.05) is 6.92 Å². The summed E-state index contributed by atoms with van der Waals surface area (Å²) >= 11 is 0. The van der Waals surface area contributed by atoms with E-state index in [9.17, 15) is 8.78 Å². The number of aryl methyl sites for hydroxylation is 2. The van der Waals surface area contributed by atoms with Gasteiger partial charge in [0.2, 0.25) is 0 Å². The van der Waals surface area contributed by atoms with E-state index >= 15 is 0 Å². The monoisotopic (exact) mass is 160 g/mol. The van der Waals surface area contributed by atoms with E-state index in [1.54, 1.807) is 6.92 Å². The highest BCUT2D eigenvalue weighted by Crippen LogP contribution is 2.24. The lowest BCUT2D eigenvalue weighted by Crippen LogP contribution is -1.91. The van der Waals surface area contributed by atoms with Crippen molar-refractivity contribution in [1.82, 2.24) is 10.2 Å². The molecule has 1 heterocycles. The van der Waals surface area contributed by atoms with Crippen molar-refractivity contribution in [3.05, 3.63) is 17.0 Å². The molecular weight excluding hydrogens is 150 g/mol. The molecule has 0 aromatic carbocycles. The molecule has 0 aliphatic rings. The Morgan fingerprint density at radius 2 is 2.18 bits per heavy atom. The molecule has 0 aliphatic carbocycles. The number of halogens is 2. The van der Waals surface area contributed by atoms with Crippen LogP contribution < -0.4 is 0 Å². The van der Waals surface area contributed by atoms with Crippen LogP contribution in [0.25, 0.3) is 0 Å². The molecule has 62 valence electrons. The minimum absolute atomic E-state index is 0.0625. The van der Waals surface area contributed by atoms with Gasteiger partial charge in [-0.3, -0.25) is 5.10 Å². The van der Waals surface area contributed by atoms with E-state index < -0.39 is 6.43 Å². The summed E-state index contributed by atoms with van der Waals surface area (Å²) in [4.78, 5) is 0. The van der Waals surface area contributed by atoms with E-state index in [2.05, 4.69) is 10.2 Å². The van der Waals surface area contributed by atoms with Crippen molar-refractivity contribution in [2.75, 3.05) is 0 Å². The normalized spacial score (nSPS) is 11.0. The molecule has 0 aliphatic heterocycles. The fourth-order valence-electron chi connectivity index (χ4n) is 1.05. The Morgan fingerprint density at radius 1 is 1.55 bits per heavy atom. The molecule has 0 saturated heterocycles. The molecule has 1 aromatic heterocycles. The minimum Gasteiger partial charge on any atom is -0.282 e. The van der Waals surface area contributed by atoms with Crippen LogP contribution in [0.1, 0.15) is 30.3 Å². The summed E-state index contributed by atoms with van der Waals surface area (Å²) in [6, 6.07) is 0. The Bertz CT molecular complexity index is 243. The number of hydrogen-bond donors (Lipinski definition) is 1. The third-order valence-corrected chi connectivity index (χ3v) is 1.63. The van der Waals surface area contributed by atoms with Gasteiger partial charge in [0, 0.05) is 5.69 Å². The average Bonchev–Trinajstić information content (AvgIpc) is 2.30. The Labute approximate surface area is 63.6 Å². The van der Waals surface area contributed by atoms with Gasteiger partial charge in [-0.15, -0.1) is 0 Å². The highest BCUT2D eigenvalue weighted by atomic mass is 19.3. The molecule has 1 aromatic rings. The summed E-state index contributed by atoms with van der Waals surface area (Å²) in [7, 11) is 0. The average molecular weight is 160 g/mol. The summed E-state index contributed by atoms with van der Waals surface area (Å²) in [5.41, 5.74) is 1.00.